The summed E-state index contributed by atoms with van der Waals surface area (Å²) < 4.78 is 36.1. The van der Waals surface area contributed by atoms with Gasteiger partial charge in [-0.1, -0.05) is 29.0 Å². The number of aryl methyl sites for hydroxylation is 1. The van der Waals surface area contributed by atoms with Crippen molar-refractivity contribution >= 4 is 53.7 Å². The Hall–Kier alpha value is -1.22. The van der Waals surface area contributed by atoms with Gasteiger partial charge in [0.15, 0.2) is 15.2 Å². The number of nitrogens with zero attached hydrogens (tertiary/aromatic N) is 1. The van der Waals surface area contributed by atoms with Crippen LogP contribution in [0.25, 0.3) is 0 Å². The van der Waals surface area contributed by atoms with Gasteiger partial charge in [-0.15, -0.1) is 0 Å². The lowest BCUT2D eigenvalue weighted by molar-refractivity contribution is 0.102. The van der Waals surface area contributed by atoms with Crippen LogP contribution in [-0.4, -0.2) is 19.3 Å². The standard InChI is InChI=1S/C11H7Cl2FN2O3S2/c1-5-10(21(13,18)19)20-11(15-5)16-9(17)6-3-2-4-7(12)8(6)14/h2-4H,1H3,(H,15,16,17). The summed E-state index contributed by atoms with van der Waals surface area (Å²) in [5, 5.41) is 2.11. The molecule has 1 amide bonds. The normalized spacial score (nSPS) is 11.4. The van der Waals surface area contributed by atoms with E-state index in [1.54, 1.807) is 0 Å². The summed E-state index contributed by atoms with van der Waals surface area (Å²) in [6, 6.07) is 3.97. The van der Waals surface area contributed by atoms with Crippen LogP contribution in [0.3, 0.4) is 0 Å². The molecular weight excluding hydrogens is 362 g/mol. The Morgan fingerprint density at radius 1 is 1.43 bits per heavy atom. The lowest BCUT2D eigenvalue weighted by atomic mass is 10.2. The van der Waals surface area contributed by atoms with Gasteiger partial charge in [0.25, 0.3) is 15.0 Å². The third-order valence-corrected chi connectivity index (χ3v) is 5.94. The molecule has 0 fully saturated rings. The second kappa shape index (κ2) is 5.88. The Balaban J connectivity index is 2.31. The van der Waals surface area contributed by atoms with Crippen LogP contribution >= 0.6 is 33.6 Å². The summed E-state index contributed by atoms with van der Waals surface area (Å²) in [6.07, 6.45) is 0. The number of hydrogen-bond donors (Lipinski definition) is 1. The first kappa shape index (κ1) is 16.2. The quantitative estimate of drug-likeness (QED) is 0.842. The van der Waals surface area contributed by atoms with Crippen LogP contribution < -0.4 is 5.32 Å². The van der Waals surface area contributed by atoms with E-state index in [0.29, 0.717) is 11.3 Å². The largest absolute Gasteiger partial charge is 0.298 e. The molecule has 112 valence electrons. The molecule has 10 heteroatoms. The lowest BCUT2D eigenvalue weighted by Crippen LogP contribution is -2.13. The molecule has 0 radical (unpaired) electrons. The molecule has 5 nitrogen and oxygen atoms in total. The first-order chi connectivity index (χ1) is 9.70. The van der Waals surface area contributed by atoms with Gasteiger partial charge in [-0.3, -0.25) is 10.1 Å². The van der Waals surface area contributed by atoms with E-state index in [1.165, 1.54) is 25.1 Å². The Morgan fingerprint density at radius 3 is 2.67 bits per heavy atom. The van der Waals surface area contributed by atoms with E-state index in [0.717, 1.165) is 0 Å². The fourth-order valence-corrected chi connectivity index (χ4v) is 4.03. The smallest absolute Gasteiger partial charge is 0.272 e. The van der Waals surface area contributed by atoms with Gasteiger partial charge in [0.05, 0.1) is 16.3 Å². The maximum absolute atomic E-state index is 13.7. The monoisotopic (exact) mass is 368 g/mol. The second-order valence-electron chi connectivity index (χ2n) is 3.89. The van der Waals surface area contributed by atoms with Gasteiger partial charge in [0, 0.05) is 10.7 Å². The molecule has 2 aromatic rings. The fourth-order valence-electron chi connectivity index (χ4n) is 1.51. The van der Waals surface area contributed by atoms with E-state index in [4.69, 9.17) is 22.3 Å². The van der Waals surface area contributed by atoms with Crippen molar-refractivity contribution in [2.24, 2.45) is 0 Å². The van der Waals surface area contributed by atoms with Crippen molar-refractivity contribution in [3.63, 3.8) is 0 Å². The fraction of sp³-hybridized carbons (Fsp3) is 0.0909. The topological polar surface area (TPSA) is 76.1 Å². The average molecular weight is 369 g/mol. The van der Waals surface area contributed by atoms with Gasteiger partial charge in [-0.2, -0.15) is 0 Å². The number of thiazole rings is 1. The van der Waals surface area contributed by atoms with Crippen molar-refractivity contribution in [1.29, 1.82) is 0 Å². The predicted molar refractivity (Wildman–Crippen MR) is 79.3 cm³/mol. The minimum atomic E-state index is -3.95. The van der Waals surface area contributed by atoms with Crippen molar-refractivity contribution in [3.8, 4) is 0 Å². The number of carbonyl (C=O) groups is 1. The van der Waals surface area contributed by atoms with Crippen LogP contribution in [-0.2, 0) is 9.05 Å². The highest BCUT2D eigenvalue weighted by atomic mass is 35.7. The number of nitrogens with one attached hydrogen (secondary N) is 1. The van der Waals surface area contributed by atoms with Gasteiger partial charge in [-0.05, 0) is 19.1 Å². The van der Waals surface area contributed by atoms with Gasteiger partial charge in [0.1, 0.15) is 0 Å². The highest BCUT2D eigenvalue weighted by molar-refractivity contribution is 8.15. The molecule has 0 atom stereocenters. The summed E-state index contributed by atoms with van der Waals surface area (Å²) in [5.74, 6) is -1.66. The predicted octanol–water partition coefficient (Wildman–Crippen LogP) is 3.42. The Kier molecular flexibility index (Phi) is 4.52. The van der Waals surface area contributed by atoms with Crippen LogP contribution in [0, 0.1) is 12.7 Å². The highest BCUT2D eigenvalue weighted by Gasteiger charge is 2.21. The maximum Gasteiger partial charge on any atom is 0.272 e. The minimum Gasteiger partial charge on any atom is -0.298 e. The maximum atomic E-state index is 13.7. The van der Waals surface area contributed by atoms with Gasteiger partial charge < -0.3 is 0 Å². The number of amides is 1. The van der Waals surface area contributed by atoms with E-state index in [-0.39, 0.29) is 25.6 Å². The van der Waals surface area contributed by atoms with Crippen LogP contribution in [0.1, 0.15) is 16.1 Å². The van der Waals surface area contributed by atoms with E-state index in [9.17, 15) is 17.6 Å². The molecule has 0 aliphatic carbocycles. The number of aromatic nitrogens is 1. The molecule has 1 aromatic heterocycles. The average Bonchev–Trinajstić information content (AvgIpc) is 2.73. The van der Waals surface area contributed by atoms with E-state index >= 15 is 0 Å². The summed E-state index contributed by atoms with van der Waals surface area (Å²) in [4.78, 5) is 15.8. The molecule has 1 aromatic carbocycles. The summed E-state index contributed by atoms with van der Waals surface area (Å²) in [6.45, 7) is 1.43. The third kappa shape index (κ3) is 3.52. The molecule has 2 rings (SSSR count). The van der Waals surface area contributed by atoms with Gasteiger partial charge >= 0.3 is 0 Å². The van der Waals surface area contributed by atoms with Crippen molar-refractivity contribution in [2.75, 3.05) is 5.32 Å². The van der Waals surface area contributed by atoms with Gasteiger partial charge in [0.2, 0.25) is 0 Å². The molecule has 1 heterocycles. The van der Waals surface area contributed by atoms with E-state index in [1.807, 2.05) is 0 Å². The van der Waals surface area contributed by atoms with E-state index < -0.39 is 20.8 Å². The molecule has 0 saturated heterocycles. The number of rotatable bonds is 3. The van der Waals surface area contributed by atoms with Gasteiger partial charge in [-0.25, -0.2) is 17.8 Å². The first-order valence-electron chi connectivity index (χ1n) is 5.37. The lowest BCUT2D eigenvalue weighted by Gasteiger charge is -2.03. The summed E-state index contributed by atoms with van der Waals surface area (Å²) in [5.41, 5.74) is -0.123. The molecule has 0 aliphatic heterocycles. The zero-order valence-electron chi connectivity index (χ0n) is 10.4. The Labute approximate surface area is 133 Å². The van der Waals surface area contributed by atoms with Crippen molar-refractivity contribution in [2.45, 2.75) is 11.1 Å². The minimum absolute atomic E-state index is 0.00361. The Morgan fingerprint density at radius 2 is 2.10 bits per heavy atom. The molecule has 0 unspecified atom stereocenters. The molecular formula is C11H7Cl2FN2O3S2. The van der Waals surface area contributed by atoms with Crippen LogP contribution in [0.4, 0.5) is 9.52 Å². The van der Waals surface area contributed by atoms with Crippen molar-refractivity contribution in [3.05, 3.63) is 40.3 Å². The van der Waals surface area contributed by atoms with Crippen molar-refractivity contribution in [1.82, 2.24) is 4.98 Å². The molecule has 0 spiro atoms. The Bertz CT molecular complexity index is 821. The molecule has 21 heavy (non-hydrogen) atoms. The van der Waals surface area contributed by atoms with Crippen LogP contribution in [0.15, 0.2) is 22.4 Å². The first-order valence-corrected chi connectivity index (χ1v) is 8.88. The number of halogens is 3. The number of carbonyl (C=O) groups excluding carboxylic acids is 1. The van der Waals surface area contributed by atoms with Crippen LogP contribution in [0.5, 0.6) is 0 Å². The summed E-state index contributed by atoms with van der Waals surface area (Å²) in [7, 11) is 1.28. The second-order valence-corrected chi connectivity index (χ2v) is 8.05. The SMILES string of the molecule is Cc1nc(NC(=O)c2cccc(Cl)c2F)sc1S(=O)(=O)Cl. The zero-order chi connectivity index (χ0) is 15.8. The zero-order valence-corrected chi connectivity index (χ0v) is 13.5. The van der Waals surface area contributed by atoms with Crippen molar-refractivity contribution < 1.29 is 17.6 Å². The number of benzene rings is 1. The summed E-state index contributed by atoms with van der Waals surface area (Å²) >= 11 is 6.27. The molecule has 0 saturated carbocycles. The molecule has 0 aliphatic rings. The molecule has 1 N–H and O–H groups in total. The third-order valence-electron chi connectivity index (χ3n) is 2.39. The number of hydrogen-bond acceptors (Lipinski definition) is 5. The highest BCUT2D eigenvalue weighted by Crippen LogP contribution is 2.30. The van der Waals surface area contributed by atoms with E-state index in [2.05, 4.69) is 10.3 Å². The van der Waals surface area contributed by atoms with Crippen LogP contribution in [0.2, 0.25) is 5.02 Å². The number of anilines is 1. The molecule has 0 bridgehead atoms.